The van der Waals surface area contributed by atoms with Crippen molar-refractivity contribution in [3.05, 3.63) is 126 Å². The highest BCUT2D eigenvalue weighted by atomic mass is 15.0. The summed E-state index contributed by atoms with van der Waals surface area (Å²) in [6, 6.07) is 22.5. The maximum atomic E-state index is 3.83. The molecule has 0 aliphatic heterocycles. The fourth-order valence-electron chi connectivity index (χ4n) is 4.88. The molecule has 0 aliphatic rings. The molecule has 1 nitrogen and oxygen atoms in total. The van der Waals surface area contributed by atoms with Crippen LogP contribution in [0.5, 0.6) is 0 Å². The topological polar surface area (TPSA) is 4.93 Å². The lowest BCUT2D eigenvalue weighted by Crippen LogP contribution is -1.95. The minimum absolute atomic E-state index is 1.04. The van der Waals surface area contributed by atoms with Gasteiger partial charge in [-0.15, -0.1) is 0 Å². The highest BCUT2D eigenvalue weighted by molar-refractivity contribution is 6.09. The molecular weight excluding hydrogens is 470 g/mol. The first-order valence-electron chi connectivity index (χ1n) is 14.2. The predicted octanol–water partition coefficient (Wildman–Crippen LogP) is 11.6. The molecule has 0 saturated carbocycles. The second kappa shape index (κ2) is 14.4. The Morgan fingerprint density at radius 3 is 2.21 bits per heavy atom. The van der Waals surface area contributed by atoms with Crippen molar-refractivity contribution < 1.29 is 0 Å². The van der Waals surface area contributed by atoms with Gasteiger partial charge in [0.2, 0.25) is 0 Å². The first kappa shape index (κ1) is 29.7. The van der Waals surface area contributed by atoms with Crippen molar-refractivity contribution in [1.82, 2.24) is 4.57 Å². The Bertz CT molecular complexity index is 1540. The Hall–Kier alpha value is -3.84. The zero-order chi connectivity index (χ0) is 28.4. The van der Waals surface area contributed by atoms with Crippen molar-refractivity contribution in [2.24, 2.45) is 0 Å². The van der Waals surface area contributed by atoms with E-state index in [-0.39, 0.29) is 0 Å². The quantitative estimate of drug-likeness (QED) is 0.206. The average Bonchev–Trinajstić information content (AvgIpc) is 3.26. The number of fused-ring (bicyclic) bond motifs is 3. The smallest absolute Gasteiger partial charge is 0.0491 e. The van der Waals surface area contributed by atoms with Crippen LogP contribution in [0, 0.1) is 6.92 Å². The number of nitrogens with zero attached hydrogens (tertiary/aromatic N) is 1. The van der Waals surface area contributed by atoms with Crippen molar-refractivity contribution >= 4 is 27.4 Å². The third-order valence-electron chi connectivity index (χ3n) is 7.09. The van der Waals surface area contributed by atoms with Gasteiger partial charge in [0.05, 0.1) is 0 Å². The van der Waals surface area contributed by atoms with Crippen LogP contribution in [0.15, 0.2) is 115 Å². The van der Waals surface area contributed by atoms with Crippen LogP contribution in [0.25, 0.3) is 38.5 Å². The summed E-state index contributed by atoms with van der Waals surface area (Å²) in [6.07, 6.45) is 14.7. The van der Waals surface area contributed by atoms with Crippen LogP contribution in [0.1, 0.15) is 65.5 Å². The second-order valence-corrected chi connectivity index (χ2v) is 10.3. The van der Waals surface area contributed by atoms with Gasteiger partial charge in [0.15, 0.2) is 0 Å². The van der Waals surface area contributed by atoms with E-state index < -0.39 is 0 Å². The normalized spacial score (nSPS) is 11.8. The highest BCUT2D eigenvalue weighted by Gasteiger charge is 2.12. The molecule has 0 aliphatic carbocycles. The van der Waals surface area contributed by atoms with E-state index >= 15 is 0 Å². The molecule has 4 aromatic rings. The van der Waals surface area contributed by atoms with Crippen molar-refractivity contribution in [2.45, 2.75) is 67.9 Å². The predicted molar refractivity (Wildman–Crippen MR) is 176 cm³/mol. The number of aromatic nitrogens is 1. The van der Waals surface area contributed by atoms with E-state index in [9.17, 15) is 0 Å². The minimum atomic E-state index is 1.04. The number of benzene rings is 3. The molecule has 0 fully saturated rings. The van der Waals surface area contributed by atoms with Gasteiger partial charge in [0, 0.05) is 28.4 Å². The molecule has 4 rings (SSSR count). The minimum Gasteiger partial charge on any atom is -0.340 e. The molecule has 0 amide bonds. The van der Waals surface area contributed by atoms with E-state index in [1.54, 1.807) is 0 Å². The fraction of sp³-hybridized carbons (Fsp3) is 0.263. The zero-order valence-electron chi connectivity index (χ0n) is 25.0. The standard InChI is InChI=1S/C30H31N.C8H14/c1-6-8-11-25(21(3)4)27-19-23(15-14-22(27)5)24-16-17-30-28(20-24)26-12-9-10-13-29(26)31(30)18-7-2;1-4-6-7-8(3)5-2/h6,8-17,19-20H,1,7,18H2,2-5H3;5-7H,4H2,1-3H3/b11-8-;7-6-,8-5-. The molecule has 0 saturated heterocycles. The van der Waals surface area contributed by atoms with Crippen LogP contribution >= 0.6 is 0 Å². The van der Waals surface area contributed by atoms with Crippen LogP contribution in [0.2, 0.25) is 0 Å². The van der Waals surface area contributed by atoms with Gasteiger partial charge in [-0.3, -0.25) is 0 Å². The van der Waals surface area contributed by atoms with Gasteiger partial charge in [-0.1, -0.05) is 104 Å². The van der Waals surface area contributed by atoms with Crippen molar-refractivity contribution in [1.29, 1.82) is 0 Å². The average molecular weight is 516 g/mol. The lowest BCUT2D eigenvalue weighted by molar-refractivity contribution is 0.724. The largest absolute Gasteiger partial charge is 0.340 e. The molecule has 39 heavy (non-hydrogen) atoms. The summed E-state index contributed by atoms with van der Waals surface area (Å²) in [5.74, 6) is 0. The van der Waals surface area contributed by atoms with E-state index in [2.05, 4.69) is 145 Å². The monoisotopic (exact) mass is 515 g/mol. The van der Waals surface area contributed by atoms with Gasteiger partial charge in [0.25, 0.3) is 0 Å². The molecule has 1 aromatic heterocycles. The van der Waals surface area contributed by atoms with Crippen molar-refractivity contribution in [2.75, 3.05) is 0 Å². The number of para-hydroxylation sites is 1. The summed E-state index contributed by atoms with van der Waals surface area (Å²) in [6.45, 7) is 19.9. The molecule has 0 radical (unpaired) electrons. The van der Waals surface area contributed by atoms with E-state index in [0.717, 1.165) is 19.4 Å². The number of aryl methyl sites for hydroxylation is 2. The molecule has 1 heterocycles. The summed E-state index contributed by atoms with van der Waals surface area (Å²) in [5.41, 5.74) is 11.6. The molecule has 0 bridgehead atoms. The van der Waals surface area contributed by atoms with Crippen LogP contribution in [0.4, 0.5) is 0 Å². The van der Waals surface area contributed by atoms with E-state index in [1.165, 1.54) is 60.8 Å². The maximum Gasteiger partial charge on any atom is 0.0491 e. The zero-order valence-corrected chi connectivity index (χ0v) is 25.0. The number of hydrogen-bond donors (Lipinski definition) is 0. The summed E-state index contributed by atoms with van der Waals surface area (Å²) < 4.78 is 2.45. The number of rotatable bonds is 8. The molecule has 0 N–H and O–H groups in total. The van der Waals surface area contributed by atoms with Gasteiger partial charge in [-0.05, 0) is 99.6 Å². The Balaban J connectivity index is 0.000000459. The molecule has 0 unspecified atom stereocenters. The Morgan fingerprint density at radius 1 is 0.846 bits per heavy atom. The van der Waals surface area contributed by atoms with Crippen molar-refractivity contribution in [3.63, 3.8) is 0 Å². The van der Waals surface area contributed by atoms with Gasteiger partial charge in [-0.25, -0.2) is 0 Å². The Kier molecular flexibility index (Phi) is 10.9. The third-order valence-corrected chi connectivity index (χ3v) is 7.09. The molecule has 0 atom stereocenters. The lowest BCUT2D eigenvalue weighted by Gasteiger charge is -2.13. The SMILES string of the molecule is C/C=C(C)\C=C/CC.C=C/C=C\C(=C(C)C)c1cc(-c2ccc3c(c2)c2ccccc2n3CCC)ccc1C. The van der Waals surface area contributed by atoms with Crippen molar-refractivity contribution in [3.8, 4) is 11.1 Å². The molecule has 0 spiro atoms. The third kappa shape index (κ3) is 7.18. The second-order valence-electron chi connectivity index (χ2n) is 10.3. The van der Waals surface area contributed by atoms with Gasteiger partial charge < -0.3 is 4.57 Å². The molecular formula is C38H45N. The van der Waals surface area contributed by atoms with Gasteiger partial charge in [-0.2, -0.15) is 0 Å². The number of hydrogen-bond acceptors (Lipinski definition) is 0. The van der Waals surface area contributed by atoms with E-state index in [4.69, 9.17) is 0 Å². The van der Waals surface area contributed by atoms with E-state index in [0.29, 0.717) is 0 Å². The van der Waals surface area contributed by atoms with Crippen LogP contribution in [-0.4, -0.2) is 4.57 Å². The van der Waals surface area contributed by atoms with Crippen LogP contribution in [-0.2, 0) is 6.54 Å². The summed E-state index contributed by atoms with van der Waals surface area (Å²) >= 11 is 0. The number of allylic oxidation sites excluding steroid dienone is 9. The van der Waals surface area contributed by atoms with E-state index in [1.807, 2.05) is 12.2 Å². The molecule has 1 heteroatoms. The van der Waals surface area contributed by atoms with Gasteiger partial charge >= 0.3 is 0 Å². The Morgan fingerprint density at radius 2 is 1.54 bits per heavy atom. The lowest BCUT2D eigenvalue weighted by atomic mass is 9.92. The summed E-state index contributed by atoms with van der Waals surface area (Å²) in [7, 11) is 0. The first-order chi connectivity index (χ1) is 18.9. The highest BCUT2D eigenvalue weighted by Crippen LogP contribution is 2.34. The summed E-state index contributed by atoms with van der Waals surface area (Å²) in [4.78, 5) is 0. The maximum absolute atomic E-state index is 3.83. The first-order valence-corrected chi connectivity index (χ1v) is 14.2. The molecule has 202 valence electrons. The molecule has 3 aromatic carbocycles. The Labute approximate surface area is 236 Å². The van der Waals surface area contributed by atoms with Crippen LogP contribution < -0.4 is 0 Å². The summed E-state index contributed by atoms with van der Waals surface area (Å²) in [5, 5.41) is 2.66. The van der Waals surface area contributed by atoms with Gasteiger partial charge in [0.1, 0.15) is 0 Å². The van der Waals surface area contributed by atoms with Crippen LogP contribution in [0.3, 0.4) is 0 Å². The fourth-order valence-corrected chi connectivity index (χ4v) is 4.88.